The molecule has 0 saturated carbocycles. The summed E-state index contributed by atoms with van der Waals surface area (Å²) in [5.74, 6) is 0.889. The van der Waals surface area contributed by atoms with Gasteiger partial charge in [-0.3, -0.25) is 9.13 Å². The van der Waals surface area contributed by atoms with E-state index in [0.717, 1.165) is 40.6 Å². The van der Waals surface area contributed by atoms with Crippen LogP contribution in [0.15, 0.2) is 28.2 Å². The van der Waals surface area contributed by atoms with Crippen LogP contribution in [0, 0.1) is 0 Å². The van der Waals surface area contributed by atoms with Crippen LogP contribution in [0.25, 0.3) is 11.0 Å². The van der Waals surface area contributed by atoms with Gasteiger partial charge in [0.2, 0.25) is 5.16 Å². The highest BCUT2D eigenvalue weighted by Crippen LogP contribution is 2.14. The molecule has 0 atom stereocenters. The monoisotopic (exact) mass is 333 g/mol. The summed E-state index contributed by atoms with van der Waals surface area (Å²) in [4.78, 5) is 11.9. The fourth-order valence-corrected chi connectivity index (χ4v) is 3.20. The maximum absolute atomic E-state index is 11.9. The van der Waals surface area contributed by atoms with Crippen molar-refractivity contribution < 1.29 is 0 Å². The van der Waals surface area contributed by atoms with Gasteiger partial charge in [-0.15, -0.1) is 5.10 Å². The zero-order valence-corrected chi connectivity index (χ0v) is 14.2. The zero-order chi connectivity index (χ0) is 16.4. The van der Waals surface area contributed by atoms with E-state index in [2.05, 4.69) is 33.0 Å². The Kier molecular flexibility index (Phi) is 4.49. The fraction of sp³-hybridized carbons (Fsp3) is 0.429. The molecule has 0 aliphatic heterocycles. The van der Waals surface area contributed by atoms with Crippen LogP contribution in [-0.2, 0) is 27.7 Å². The molecule has 0 unspecified atom stereocenters. The van der Waals surface area contributed by atoms with Crippen molar-refractivity contribution in [3.8, 4) is 0 Å². The Morgan fingerprint density at radius 3 is 2.70 bits per heavy atom. The van der Waals surface area contributed by atoms with Crippen LogP contribution in [0.3, 0.4) is 0 Å². The minimum atomic E-state index is -0.00112. The van der Waals surface area contributed by atoms with Gasteiger partial charge in [-0.05, 0) is 28.1 Å². The highest BCUT2D eigenvalue weighted by molar-refractivity contribution is 7.99. The normalized spacial score (nSPS) is 11.4. The molecule has 0 radical (unpaired) electrons. The van der Waals surface area contributed by atoms with E-state index in [4.69, 9.17) is 0 Å². The topological polar surface area (TPSA) is 82.6 Å². The van der Waals surface area contributed by atoms with Crippen molar-refractivity contribution in [2.75, 3.05) is 12.3 Å². The smallest absolute Gasteiger partial charge is 0.312 e. The van der Waals surface area contributed by atoms with E-state index < -0.39 is 0 Å². The standard InChI is InChI=1S/C14H19N7OS/c1-19-11-5-4-10(8-12(11)20(2)14(19)22)9-15-6-7-23-13-16-17-18-21(13)3/h4-5,8,15H,6-7,9H2,1-3H3. The number of aromatic nitrogens is 6. The minimum absolute atomic E-state index is 0.00112. The van der Waals surface area contributed by atoms with Crippen LogP contribution in [0.1, 0.15) is 5.56 Å². The van der Waals surface area contributed by atoms with Crippen LogP contribution < -0.4 is 11.0 Å². The van der Waals surface area contributed by atoms with Crippen LogP contribution in [0.5, 0.6) is 0 Å². The Balaban J connectivity index is 1.56. The van der Waals surface area contributed by atoms with E-state index in [1.54, 1.807) is 39.7 Å². The van der Waals surface area contributed by atoms with Crippen LogP contribution in [0.4, 0.5) is 0 Å². The number of thioether (sulfide) groups is 1. The number of hydrogen-bond acceptors (Lipinski definition) is 6. The number of hydrogen-bond donors (Lipinski definition) is 1. The molecule has 0 aliphatic rings. The van der Waals surface area contributed by atoms with Crippen molar-refractivity contribution in [3.05, 3.63) is 34.2 Å². The first-order valence-corrected chi connectivity index (χ1v) is 8.26. The summed E-state index contributed by atoms with van der Waals surface area (Å²) in [6.45, 7) is 1.61. The van der Waals surface area contributed by atoms with Crippen molar-refractivity contribution >= 4 is 22.8 Å². The number of benzene rings is 1. The molecule has 0 saturated heterocycles. The van der Waals surface area contributed by atoms with Gasteiger partial charge >= 0.3 is 5.69 Å². The van der Waals surface area contributed by atoms with E-state index in [1.165, 1.54) is 0 Å². The lowest BCUT2D eigenvalue weighted by Gasteiger charge is -2.05. The molecule has 23 heavy (non-hydrogen) atoms. The van der Waals surface area contributed by atoms with E-state index in [1.807, 2.05) is 13.1 Å². The quantitative estimate of drug-likeness (QED) is 0.515. The highest BCUT2D eigenvalue weighted by Gasteiger charge is 2.08. The van der Waals surface area contributed by atoms with Gasteiger partial charge < -0.3 is 5.32 Å². The fourth-order valence-electron chi connectivity index (χ4n) is 2.45. The Labute approximate surface area is 137 Å². The average molecular weight is 333 g/mol. The van der Waals surface area contributed by atoms with Crippen molar-refractivity contribution in [3.63, 3.8) is 0 Å². The summed E-state index contributed by atoms with van der Waals surface area (Å²) in [5.41, 5.74) is 3.06. The highest BCUT2D eigenvalue weighted by atomic mass is 32.2. The summed E-state index contributed by atoms with van der Waals surface area (Å²) >= 11 is 1.61. The first-order chi connectivity index (χ1) is 11.1. The predicted octanol–water partition coefficient (Wildman–Crippen LogP) is 0.282. The van der Waals surface area contributed by atoms with Crippen LogP contribution in [0.2, 0.25) is 0 Å². The van der Waals surface area contributed by atoms with Gasteiger partial charge in [0, 0.05) is 40.0 Å². The van der Waals surface area contributed by atoms with Crippen molar-refractivity contribution in [1.82, 2.24) is 34.7 Å². The first kappa shape index (κ1) is 15.8. The molecule has 0 spiro atoms. The van der Waals surface area contributed by atoms with Gasteiger partial charge in [0.15, 0.2) is 0 Å². The average Bonchev–Trinajstić information content (AvgIpc) is 3.05. The maximum atomic E-state index is 11.9. The number of tetrazole rings is 1. The Morgan fingerprint density at radius 1 is 1.17 bits per heavy atom. The molecule has 8 nitrogen and oxygen atoms in total. The summed E-state index contributed by atoms with van der Waals surface area (Å²) in [6, 6.07) is 6.10. The first-order valence-electron chi connectivity index (χ1n) is 7.28. The van der Waals surface area contributed by atoms with Crippen molar-refractivity contribution in [2.45, 2.75) is 11.7 Å². The van der Waals surface area contributed by atoms with Gasteiger partial charge in [-0.1, -0.05) is 17.8 Å². The molecule has 2 aromatic heterocycles. The molecule has 0 fully saturated rings. The number of imidazole rings is 1. The molecule has 0 bridgehead atoms. The molecular weight excluding hydrogens is 314 g/mol. The number of aryl methyl sites for hydroxylation is 3. The van der Waals surface area contributed by atoms with Gasteiger partial charge in [0.05, 0.1) is 11.0 Å². The van der Waals surface area contributed by atoms with E-state index in [9.17, 15) is 4.79 Å². The number of nitrogens with zero attached hydrogens (tertiary/aromatic N) is 6. The third-order valence-corrected chi connectivity index (χ3v) is 4.77. The number of fused-ring (bicyclic) bond motifs is 1. The largest absolute Gasteiger partial charge is 0.328 e. The summed E-state index contributed by atoms with van der Waals surface area (Å²) < 4.78 is 5.00. The lowest BCUT2D eigenvalue weighted by molar-refractivity contribution is 0.663. The minimum Gasteiger partial charge on any atom is -0.312 e. The summed E-state index contributed by atoms with van der Waals surface area (Å²) in [6.07, 6.45) is 0. The molecule has 3 aromatic rings. The van der Waals surface area contributed by atoms with Gasteiger partial charge in [0.25, 0.3) is 0 Å². The Hall–Kier alpha value is -2.13. The third-order valence-electron chi connectivity index (χ3n) is 3.76. The second-order valence-corrected chi connectivity index (χ2v) is 6.40. The molecule has 1 N–H and O–H groups in total. The van der Waals surface area contributed by atoms with E-state index >= 15 is 0 Å². The Bertz CT molecular complexity index is 879. The second-order valence-electron chi connectivity index (χ2n) is 5.33. The molecule has 2 heterocycles. The molecule has 0 amide bonds. The molecular formula is C14H19N7OS. The van der Waals surface area contributed by atoms with E-state index in [0.29, 0.717) is 0 Å². The molecule has 122 valence electrons. The number of nitrogens with one attached hydrogen (secondary N) is 1. The van der Waals surface area contributed by atoms with E-state index in [-0.39, 0.29) is 5.69 Å². The molecule has 3 rings (SSSR count). The SMILES string of the molecule is Cn1nnnc1SCCNCc1ccc2c(c1)n(C)c(=O)n2C. The maximum Gasteiger partial charge on any atom is 0.328 e. The summed E-state index contributed by atoms with van der Waals surface area (Å²) in [5, 5.41) is 15.5. The molecule has 9 heteroatoms. The predicted molar refractivity (Wildman–Crippen MR) is 89.4 cm³/mol. The third kappa shape index (κ3) is 3.15. The van der Waals surface area contributed by atoms with Gasteiger partial charge in [-0.2, -0.15) is 0 Å². The van der Waals surface area contributed by atoms with Crippen molar-refractivity contribution in [1.29, 1.82) is 0 Å². The lowest BCUT2D eigenvalue weighted by Crippen LogP contribution is -2.19. The summed E-state index contributed by atoms with van der Waals surface area (Å²) in [7, 11) is 5.42. The Morgan fingerprint density at radius 2 is 1.96 bits per heavy atom. The van der Waals surface area contributed by atoms with Crippen molar-refractivity contribution in [2.24, 2.45) is 21.1 Å². The zero-order valence-electron chi connectivity index (χ0n) is 13.4. The second kappa shape index (κ2) is 6.55. The van der Waals surface area contributed by atoms with Crippen LogP contribution >= 0.6 is 11.8 Å². The number of rotatable bonds is 6. The van der Waals surface area contributed by atoms with Crippen LogP contribution in [-0.4, -0.2) is 41.6 Å². The van der Waals surface area contributed by atoms with Gasteiger partial charge in [-0.25, -0.2) is 9.48 Å². The van der Waals surface area contributed by atoms with Gasteiger partial charge in [0.1, 0.15) is 0 Å². The lowest BCUT2D eigenvalue weighted by atomic mass is 10.2. The molecule has 0 aliphatic carbocycles. The molecule has 1 aromatic carbocycles.